The standard InChI is InChI=1S/C9H13N3O/c1-6(2)12-8(3-4-10-12)7-5-9(13)11-7/h3-4,6-7H,5H2,1-2H3,(H,11,13). The quantitative estimate of drug-likeness (QED) is 0.689. The summed E-state index contributed by atoms with van der Waals surface area (Å²) in [5.41, 5.74) is 1.11. The molecule has 4 heteroatoms. The minimum atomic E-state index is 0.126. The predicted octanol–water partition coefficient (Wildman–Crippen LogP) is 1.02. The number of carbonyl (C=O) groups excluding carboxylic acids is 1. The molecule has 1 aromatic rings. The monoisotopic (exact) mass is 179 g/mol. The highest BCUT2D eigenvalue weighted by Crippen LogP contribution is 2.25. The number of nitrogens with one attached hydrogen (secondary N) is 1. The molecule has 1 N–H and O–H groups in total. The summed E-state index contributed by atoms with van der Waals surface area (Å²) in [5, 5.41) is 7.05. The minimum absolute atomic E-state index is 0.126. The molecule has 0 saturated carbocycles. The number of hydrogen-bond acceptors (Lipinski definition) is 2. The first-order chi connectivity index (χ1) is 6.18. The Balaban J connectivity index is 2.20. The van der Waals surface area contributed by atoms with Gasteiger partial charge in [-0.05, 0) is 19.9 Å². The molecular formula is C9H13N3O. The zero-order chi connectivity index (χ0) is 9.42. The fraction of sp³-hybridized carbons (Fsp3) is 0.556. The molecule has 0 bridgehead atoms. The van der Waals surface area contributed by atoms with Crippen LogP contribution >= 0.6 is 0 Å². The first-order valence-corrected chi connectivity index (χ1v) is 4.51. The fourth-order valence-electron chi connectivity index (χ4n) is 1.57. The van der Waals surface area contributed by atoms with Crippen LogP contribution in [-0.4, -0.2) is 15.7 Å². The van der Waals surface area contributed by atoms with Gasteiger partial charge in [0.25, 0.3) is 0 Å². The summed E-state index contributed by atoms with van der Waals surface area (Å²) >= 11 is 0. The van der Waals surface area contributed by atoms with Gasteiger partial charge < -0.3 is 5.32 Å². The fourth-order valence-corrected chi connectivity index (χ4v) is 1.57. The number of aromatic nitrogens is 2. The number of carbonyl (C=O) groups is 1. The van der Waals surface area contributed by atoms with Gasteiger partial charge in [0, 0.05) is 12.2 Å². The molecule has 1 aliphatic rings. The molecule has 1 saturated heterocycles. The third kappa shape index (κ3) is 1.32. The first kappa shape index (κ1) is 8.29. The van der Waals surface area contributed by atoms with Crippen LogP contribution in [0.2, 0.25) is 0 Å². The summed E-state index contributed by atoms with van der Waals surface area (Å²) < 4.78 is 1.95. The van der Waals surface area contributed by atoms with Gasteiger partial charge in [0.1, 0.15) is 0 Å². The average molecular weight is 179 g/mol. The Morgan fingerprint density at radius 1 is 1.69 bits per heavy atom. The van der Waals surface area contributed by atoms with Crippen molar-refractivity contribution in [2.75, 3.05) is 0 Å². The van der Waals surface area contributed by atoms with Crippen LogP contribution in [0.25, 0.3) is 0 Å². The Morgan fingerprint density at radius 2 is 2.38 bits per heavy atom. The summed E-state index contributed by atoms with van der Waals surface area (Å²) in [6, 6.07) is 2.49. The summed E-state index contributed by atoms with van der Waals surface area (Å²) in [5.74, 6) is 0.126. The van der Waals surface area contributed by atoms with Gasteiger partial charge in [0.2, 0.25) is 5.91 Å². The van der Waals surface area contributed by atoms with Crippen molar-refractivity contribution in [3.8, 4) is 0 Å². The Kier molecular flexibility index (Phi) is 1.83. The molecule has 1 aromatic heterocycles. The van der Waals surface area contributed by atoms with Gasteiger partial charge >= 0.3 is 0 Å². The summed E-state index contributed by atoms with van der Waals surface area (Å²) in [6.07, 6.45) is 2.37. The zero-order valence-electron chi connectivity index (χ0n) is 7.82. The lowest BCUT2D eigenvalue weighted by Crippen LogP contribution is -2.42. The Hall–Kier alpha value is -1.32. The molecule has 1 atom stereocenters. The van der Waals surface area contributed by atoms with Crippen LogP contribution in [0.5, 0.6) is 0 Å². The third-order valence-electron chi connectivity index (χ3n) is 2.27. The van der Waals surface area contributed by atoms with Crippen LogP contribution in [-0.2, 0) is 4.79 Å². The van der Waals surface area contributed by atoms with E-state index in [2.05, 4.69) is 24.3 Å². The van der Waals surface area contributed by atoms with Crippen molar-refractivity contribution in [3.05, 3.63) is 18.0 Å². The van der Waals surface area contributed by atoms with Gasteiger partial charge in [0.15, 0.2) is 0 Å². The highest BCUT2D eigenvalue weighted by molar-refractivity contribution is 5.83. The van der Waals surface area contributed by atoms with E-state index in [0.29, 0.717) is 12.5 Å². The summed E-state index contributed by atoms with van der Waals surface area (Å²) in [6.45, 7) is 4.16. The number of nitrogens with zero attached hydrogens (tertiary/aromatic N) is 2. The van der Waals surface area contributed by atoms with E-state index in [9.17, 15) is 4.79 Å². The Morgan fingerprint density at radius 3 is 2.92 bits per heavy atom. The largest absolute Gasteiger partial charge is 0.347 e. The van der Waals surface area contributed by atoms with Crippen molar-refractivity contribution < 1.29 is 4.79 Å². The Labute approximate surface area is 76.9 Å². The second kappa shape index (κ2) is 2.87. The van der Waals surface area contributed by atoms with E-state index < -0.39 is 0 Å². The van der Waals surface area contributed by atoms with Crippen LogP contribution in [0.1, 0.15) is 38.0 Å². The van der Waals surface area contributed by atoms with Crippen molar-refractivity contribution in [2.24, 2.45) is 0 Å². The molecule has 13 heavy (non-hydrogen) atoms. The van der Waals surface area contributed by atoms with E-state index in [-0.39, 0.29) is 11.9 Å². The average Bonchev–Trinajstić information content (AvgIpc) is 2.45. The molecule has 1 amide bonds. The maximum absolute atomic E-state index is 10.7. The molecule has 0 aliphatic carbocycles. The number of amides is 1. The SMILES string of the molecule is CC(C)n1nccc1C1CC(=O)N1. The van der Waals surface area contributed by atoms with E-state index >= 15 is 0 Å². The van der Waals surface area contributed by atoms with E-state index in [1.54, 1.807) is 6.20 Å². The van der Waals surface area contributed by atoms with Crippen molar-refractivity contribution >= 4 is 5.91 Å². The third-order valence-corrected chi connectivity index (χ3v) is 2.27. The lowest BCUT2D eigenvalue weighted by molar-refractivity contribution is -0.128. The molecule has 1 aliphatic heterocycles. The van der Waals surface area contributed by atoms with Crippen LogP contribution < -0.4 is 5.32 Å². The molecule has 70 valence electrons. The summed E-state index contributed by atoms with van der Waals surface area (Å²) in [4.78, 5) is 10.7. The lowest BCUT2D eigenvalue weighted by atomic mass is 10.0. The topological polar surface area (TPSA) is 46.9 Å². The second-order valence-corrected chi connectivity index (χ2v) is 3.62. The highest BCUT2D eigenvalue weighted by atomic mass is 16.2. The molecule has 0 spiro atoms. The molecule has 2 heterocycles. The molecule has 0 aromatic carbocycles. The van der Waals surface area contributed by atoms with Gasteiger partial charge in [-0.15, -0.1) is 0 Å². The van der Waals surface area contributed by atoms with Crippen LogP contribution in [0.4, 0.5) is 0 Å². The normalized spacial score (nSPS) is 21.5. The predicted molar refractivity (Wildman–Crippen MR) is 48.1 cm³/mol. The van der Waals surface area contributed by atoms with Gasteiger partial charge in [-0.1, -0.05) is 0 Å². The summed E-state index contributed by atoms with van der Waals surface area (Å²) in [7, 11) is 0. The molecule has 2 rings (SSSR count). The smallest absolute Gasteiger partial charge is 0.223 e. The number of β-lactam (4-membered cyclic amide) rings is 1. The second-order valence-electron chi connectivity index (χ2n) is 3.62. The van der Waals surface area contributed by atoms with E-state index in [1.807, 2.05) is 10.7 Å². The van der Waals surface area contributed by atoms with Crippen LogP contribution in [0.3, 0.4) is 0 Å². The van der Waals surface area contributed by atoms with Gasteiger partial charge in [-0.3, -0.25) is 9.48 Å². The number of hydrogen-bond donors (Lipinski definition) is 1. The zero-order valence-corrected chi connectivity index (χ0v) is 7.82. The van der Waals surface area contributed by atoms with Gasteiger partial charge in [-0.25, -0.2) is 0 Å². The van der Waals surface area contributed by atoms with E-state index in [4.69, 9.17) is 0 Å². The highest BCUT2D eigenvalue weighted by Gasteiger charge is 2.29. The molecule has 4 nitrogen and oxygen atoms in total. The van der Waals surface area contributed by atoms with Gasteiger partial charge in [0.05, 0.1) is 18.2 Å². The first-order valence-electron chi connectivity index (χ1n) is 4.51. The van der Waals surface area contributed by atoms with E-state index in [0.717, 1.165) is 5.69 Å². The minimum Gasteiger partial charge on any atom is -0.347 e. The molecule has 1 fully saturated rings. The van der Waals surface area contributed by atoms with Crippen molar-refractivity contribution in [3.63, 3.8) is 0 Å². The molecular weight excluding hydrogens is 166 g/mol. The molecule has 0 radical (unpaired) electrons. The van der Waals surface area contributed by atoms with Crippen molar-refractivity contribution in [1.82, 2.24) is 15.1 Å². The maximum atomic E-state index is 10.7. The van der Waals surface area contributed by atoms with Gasteiger partial charge in [-0.2, -0.15) is 5.10 Å². The van der Waals surface area contributed by atoms with Crippen molar-refractivity contribution in [1.29, 1.82) is 0 Å². The molecule has 1 unspecified atom stereocenters. The van der Waals surface area contributed by atoms with E-state index in [1.165, 1.54) is 0 Å². The number of rotatable bonds is 2. The maximum Gasteiger partial charge on any atom is 0.223 e. The Bertz CT molecular complexity index is 321. The lowest BCUT2D eigenvalue weighted by Gasteiger charge is -2.28. The van der Waals surface area contributed by atoms with Crippen molar-refractivity contribution in [2.45, 2.75) is 32.4 Å². The van der Waals surface area contributed by atoms with Crippen LogP contribution in [0.15, 0.2) is 12.3 Å². The van der Waals surface area contributed by atoms with Crippen LogP contribution in [0, 0.1) is 0 Å².